The Morgan fingerprint density at radius 1 is 1.47 bits per heavy atom. The number of nitrogens with two attached hydrogens (primary N) is 1. The summed E-state index contributed by atoms with van der Waals surface area (Å²) >= 11 is 0. The van der Waals surface area contributed by atoms with E-state index in [-0.39, 0.29) is 17.9 Å². The first-order chi connectivity index (χ1) is 6.78. The molecule has 0 radical (unpaired) electrons. The van der Waals surface area contributed by atoms with E-state index >= 15 is 0 Å². The summed E-state index contributed by atoms with van der Waals surface area (Å²) < 4.78 is 0. The largest absolute Gasteiger partial charge is 0.396 e. The smallest absolute Gasteiger partial charge is 0.236 e. The molecule has 0 aromatic carbocycles. The van der Waals surface area contributed by atoms with Crippen LogP contribution in [0.15, 0.2) is 0 Å². The molecule has 0 bridgehead atoms. The molecule has 0 saturated heterocycles. The number of carbonyl (C=O) groups is 1. The molecule has 15 heavy (non-hydrogen) atoms. The quantitative estimate of drug-likeness (QED) is 0.605. The Hall–Kier alpha value is -0.610. The Morgan fingerprint density at radius 2 is 2.00 bits per heavy atom. The van der Waals surface area contributed by atoms with Crippen LogP contribution in [0.5, 0.6) is 0 Å². The molecule has 0 aliphatic carbocycles. The molecule has 0 heterocycles. The summed E-state index contributed by atoms with van der Waals surface area (Å²) in [5.41, 5.74) is 5.43. The number of hydrogen-bond acceptors (Lipinski definition) is 3. The third-order valence-electron chi connectivity index (χ3n) is 2.23. The lowest BCUT2D eigenvalue weighted by Crippen LogP contribution is -2.45. The Kier molecular flexibility index (Phi) is 5.83. The highest BCUT2D eigenvalue weighted by molar-refractivity contribution is 5.81. The van der Waals surface area contributed by atoms with Crippen LogP contribution < -0.4 is 11.1 Å². The maximum atomic E-state index is 11.5. The van der Waals surface area contributed by atoms with Crippen LogP contribution in [0.25, 0.3) is 0 Å². The van der Waals surface area contributed by atoms with Gasteiger partial charge in [-0.1, -0.05) is 27.7 Å². The molecule has 0 spiro atoms. The van der Waals surface area contributed by atoms with Crippen LogP contribution in [-0.4, -0.2) is 30.2 Å². The number of aliphatic hydroxyl groups excluding tert-OH is 1. The summed E-state index contributed by atoms with van der Waals surface area (Å²) in [6, 6.07) is -0.445. The molecular formula is C11H24N2O2. The zero-order valence-electron chi connectivity index (χ0n) is 10.2. The van der Waals surface area contributed by atoms with Crippen molar-refractivity contribution < 1.29 is 9.90 Å². The SMILES string of the molecule is CC(C)C[C@H](N)C(=O)NCC(C)(C)CO. The fourth-order valence-electron chi connectivity index (χ4n) is 1.13. The van der Waals surface area contributed by atoms with Crippen molar-refractivity contribution in [1.29, 1.82) is 0 Å². The number of hydrogen-bond donors (Lipinski definition) is 3. The Morgan fingerprint density at radius 3 is 2.40 bits per heavy atom. The van der Waals surface area contributed by atoms with Crippen LogP contribution in [0.3, 0.4) is 0 Å². The lowest BCUT2D eigenvalue weighted by Gasteiger charge is -2.23. The van der Waals surface area contributed by atoms with E-state index in [0.29, 0.717) is 18.9 Å². The van der Waals surface area contributed by atoms with E-state index in [1.54, 1.807) is 0 Å². The second-order valence-corrected chi connectivity index (χ2v) is 5.28. The van der Waals surface area contributed by atoms with E-state index in [4.69, 9.17) is 10.8 Å². The van der Waals surface area contributed by atoms with E-state index in [0.717, 1.165) is 0 Å². The second-order valence-electron chi connectivity index (χ2n) is 5.28. The normalized spacial score (nSPS) is 14.1. The standard InChI is InChI=1S/C11H24N2O2/c1-8(2)5-9(12)10(15)13-6-11(3,4)7-14/h8-9,14H,5-7,12H2,1-4H3,(H,13,15)/t9-/m0/s1. The van der Waals surface area contributed by atoms with Gasteiger partial charge < -0.3 is 16.2 Å². The summed E-state index contributed by atoms with van der Waals surface area (Å²) in [5.74, 6) is 0.279. The maximum absolute atomic E-state index is 11.5. The van der Waals surface area contributed by atoms with Gasteiger partial charge in [0.25, 0.3) is 0 Å². The second kappa shape index (κ2) is 6.08. The van der Waals surface area contributed by atoms with E-state index in [1.165, 1.54) is 0 Å². The molecule has 4 heteroatoms. The predicted octanol–water partition coefficient (Wildman–Crippen LogP) is 0.495. The van der Waals surface area contributed by atoms with Gasteiger partial charge in [-0.15, -0.1) is 0 Å². The Bertz CT molecular complexity index is 203. The number of nitrogens with one attached hydrogen (secondary N) is 1. The third-order valence-corrected chi connectivity index (χ3v) is 2.23. The van der Waals surface area contributed by atoms with Gasteiger partial charge in [0.2, 0.25) is 5.91 Å². The number of carbonyl (C=O) groups excluding carboxylic acids is 1. The lowest BCUT2D eigenvalue weighted by atomic mass is 9.94. The van der Waals surface area contributed by atoms with Crippen LogP contribution >= 0.6 is 0 Å². The molecule has 1 atom stereocenters. The number of amides is 1. The maximum Gasteiger partial charge on any atom is 0.236 e. The van der Waals surface area contributed by atoms with Crippen molar-refractivity contribution in [1.82, 2.24) is 5.32 Å². The molecule has 0 aliphatic heterocycles. The molecule has 0 rings (SSSR count). The number of aliphatic hydroxyl groups is 1. The highest BCUT2D eigenvalue weighted by atomic mass is 16.3. The van der Waals surface area contributed by atoms with Crippen molar-refractivity contribution in [2.24, 2.45) is 17.1 Å². The molecule has 1 amide bonds. The average molecular weight is 216 g/mol. The van der Waals surface area contributed by atoms with Gasteiger partial charge in [0.1, 0.15) is 0 Å². The fourth-order valence-corrected chi connectivity index (χ4v) is 1.13. The Balaban J connectivity index is 3.93. The predicted molar refractivity (Wildman–Crippen MR) is 61.3 cm³/mol. The molecule has 4 nitrogen and oxygen atoms in total. The molecule has 4 N–H and O–H groups in total. The van der Waals surface area contributed by atoms with E-state index in [1.807, 2.05) is 27.7 Å². The Labute approximate surface area is 92.2 Å². The van der Waals surface area contributed by atoms with E-state index < -0.39 is 6.04 Å². The molecule has 0 unspecified atom stereocenters. The fraction of sp³-hybridized carbons (Fsp3) is 0.909. The van der Waals surface area contributed by atoms with Gasteiger partial charge in [-0.25, -0.2) is 0 Å². The van der Waals surface area contributed by atoms with Crippen molar-refractivity contribution in [3.05, 3.63) is 0 Å². The topological polar surface area (TPSA) is 75.4 Å². The van der Waals surface area contributed by atoms with Crippen molar-refractivity contribution >= 4 is 5.91 Å². The minimum atomic E-state index is -0.445. The van der Waals surface area contributed by atoms with Crippen LogP contribution in [-0.2, 0) is 4.79 Å². The molecule has 0 fully saturated rings. The van der Waals surface area contributed by atoms with Gasteiger partial charge in [-0.05, 0) is 12.3 Å². The minimum Gasteiger partial charge on any atom is -0.396 e. The first-order valence-electron chi connectivity index (χ1n) is 5.42. The summed E-state index contributed by atoms with van der Waals surface area (Å²) in [5, 5.41) is 11.8. The first-order valence-corrected chi connectivity index (χ1v) is 5.42. The monoisotopic (exact) mass is 216 g/mol. The van der Waals surface area contributed by atoms with Crippen LogP contribution in [0.2, 0.25) is 0 Å². The highest BCUT2D eigenvalue weighted by Gasteiger charge is 2.20. The summed E-state index contributed by atoms with van der Waals surface area (Å²) in [4.78, 5) is 11.5. The number of rotatable bonds is 6. The van der Waals surface area contributed by atoms with Gasteiger partial charge in [0.05, 0.1) is 6.04 Å². The minimum absolute atomic E-state index is 0.0483. The highest BCUT2D eigenvalue weighted by Crippen LogP contribution is 2.11. The van der Waals surface area contributed by atoms with Crippen molar-refractivity contribution in [3.8, 4) is 0 Å². The van der Waals surface area contributed by atoms with E-state index in [9.17, 15) is 4.79 Å². The van der Waals surface area contributed by atoms with E-state index in [2.05, 4.69) is 5.32 Å². The zero-order valence-corrected chi connectivity index (χ0v) is 10.2. The summed E-state index contributed by atoms with van der Waals surface area (Å²) in [6.07, 6.45) is 0.686. The zero-order chi connectivity index (χ0) is 12.1. The van der Waals surface area contributed by atoms with Gasteiger partial charge in [0, 0.05) is 18.6 Å². The molecule has 0 aromatic rings. The van der Waals surface area contributed by atoms with Crippen LogP contribution in [0, 0.1) is 11.3 Å². The van der Waals surface area contributed by atoms with Crippen molar-refractivity contribution in [3.63, 3.8) is 0 Å². The van der Waals surface area contributed by atoms with Gasteiger partial charge in [-0.2, -0.15) is 0 Å². The van der Waals surface area contributed by atoms with Gasteiger partial charge in [0.15, 0.2) is 0 Å². The molecule has 0 aliphatic rings. The van der Waals surface area contributed by atoms with Gasteiger partial charge in [-0.3, -0.25) is 4.79 Å². The van der Waals surface area contributed by atoms with Crippen molar-refractivity contribution in [2.45, 2.75) is 40.2 Å². The van der Waals surface area contributed by atoms with Crippen LogP contribution in [0.1, 0.15) is 34.1 Å². The van der Waals surface area contributed by atoms with Gasteiger partial charge >= 0.3 is 0 Å². The lowest BCUT2D eigenvalue weighted by molar-refractivity contribution is -0.123. The molecule has 0 saturated carbocycles. The van der Waals surface area contributed by atoms with Crippen molar-refractivity contribution in [2.75, 3.05) is 13.2 Å². The molecule has 90 valence electrons. The third kappa shape index (κ3) is 6.47. The summed E-state index contributed by atoms with van der Waals surface area (Å²) in [7, 11) is 0. The molecular weight excluding hydrogens is 192 g/mol. The first kappa shape index (κ1) is 14.4. The summed E-state index contributed by atoms with van der Waals surface area (Å²) in [6.45, 7) is 8.35. The van der Waals surface area contributed by atoms with Crippen LogP contribution in [0.4, 0.5) is 0 Å². The average Bonchev–Trinajstić information content (AvgIpc) is 2.13. The molecule has 0 aromatic heterocycles.